The molecule has 1 aromatic heterocycles. The maximum atomic E-state index is 6.10. The highest BCUT2D eigenvalue weighted by Gasteiger charge is 2.51. The minimum absolute atomic E-state index is 0.277. The molecule has 4 aliphatic carbocycles. The van der Waals surface area contributed by atoms with Crippen molar-refractivity contribution in [3.05, 3.63) is 11.9 Å². The predicted molar refractivity (Wildman–Crippen MR) is 85.1 cm³/mol. The van der Waals surface area contributed by atoms with E-state index in [-0.39, 0.29) is 5.54 Å². The summed E-state index contributed by atoms with van der Waals surface area (Å²) in [5, 5.41) is 3.85. The van der Waals surface area contributed by atoms with Gasteiger partial charge < -0.3 is 11.1 Å². The highest BCUT2D eigenvalue weighted by molar-refractivity contribution is 5.58. The second-order valence-corrected chi connectivity index (χ2v) is 8.00. The number of nitrogen functional groups attached to an aromatic ring is 1. The molecular formula is C17H26N4. The van der Waals surface area contributed by atoms with Crippen molar-refractivity contribution in [2.45, 2.75) is 63.8 Å². The number of anilines is 2. The molecule has 0 atom stereocenters. The van der Waals surface area contributed by atoms with E-state index in [9.17, 15) is 0 Å². The Hall–Kier alpha value is -1.32. The number of nitrogens with zero attached hydrogens (tertiary/aromatic N) is 2. The molecule has 0 radical (unpaired) electrons. The Balaban J connectivity index is 1.66. The molecule has 4 heteroatoms. The first kappa shape index (κ1) is 13.4. The summed E-state index contributed by atoms with van der Waals surface area (Å²) in [5.74, 6) is 4.77. The molecule has 4 fully saturated rings. The lowest BCUT2D eigenvalue weighted by Gasteiger charge is -2.57. The van der Waals surface area contributed by atoms with Crippen molar-refractivity contribution in [2.75, 3.05) is 11.1 Å². The molecule has 0 aromatic carbocycles. The number of hydrogen-bond donors (Lipinski definition) is 2. The maximum absolute atomic E-state index is 6.10. The normalized spacial score (nSPS) is 37.2. The van der Waals surface area contributed by atoms with Crippen LogP contribution in [-0.4, -0.2) is 15.5 Å². The average molecular weight is 286 g/mol. The Labute approximate surface area is 126 Å². The third-order valence-corrected chi connectivity index (χ3v) is 5.91. The van der Waals surface area contributed by atoms with Crippen LogP contribution in [0.15, 0.2) is 6.33 Å². The van der Waals surface area contributed by atoms with Crippen molar-refractivity contribution < 1.29 is 0 Å². The van der Waals surface area contributed by atoms with E-state index in [1.165, 1.54) is 38.5 Å². The molecule has 1 aromatic rings. The first-order valence-corrected chi connectivity index (χ1v) is 8.43. The van der Waals surface area contributed by atoms with Gasteiger partial charge >= 0.3 is 0 Å². The molecule has 4 saturated carbocycles. The number of aromatic nitrogens is 2. The number of nitrogens with two attached hydrogens (primary N) is 1. The van der Waals surface area contributed by atoms with Crippen LogP contribution in [0.5, 0.6) is 0 Å². The molecule has 21 heavy (non-hydrogen) atoms. The zero-order valence-corrected chi connectivity index (χ0v) is 13.1. The van der Waals surface area contributed by atoms with Crippen LogP contribution in [0, 0.1) is 17.8 Å². The summed E-state index contributed by atoms with van der Waals surface area (Å²) in [4.78, 5) is 8.72. The molecule has 0 amide bonds. The van der Waals surface area contributed by atoms with E-state index in [0.717, 1.165) is 29.1 Å². The largest absolute Gasteiger partial charge is 0.383 e. The summed E-state index contributed by atoms with van der Waals surface area (Å²) in [6, 6.07) is 0. The molecule has 0 saturated heterocycles. The van der Waals surface area contributed by atoms with E-state index < -0.39 is 0 Å². The fourth-order valence-corrected chi connectivity index (χ4v) is 5.59. The summed E-state index contributed by atoms with van der Waals surface area (Å²) >= 11 is 0. The zero-order chi connectivity index (χ0) is 14.6. The quantitative estimate of drug-likeness (QED) is 0.891. The highest BCUT2D eigenvalue weighted by Crippen LogP contribution is 2.56. The van der Waals surface area contributed by atoms with Crippen molar-refractivity contribution in [3.8, 4) is 0 Å². The number of rotatable bonds is 3. The topological polar surface area (TPSA) is 63.8 Å². The lowest BCUT2D eigenvalue weighted by molar-refractivity contribution is 0.0105. The van der Waals surface area contributed by atoms with Crippen LogP contribution in [-0.2, 0) is 0 Å². The van der Waals surface area contributed by atoms with Gasteiger partial charge in [-0.1, -0.05) is 13.8 Å². The zero-order valence-electron chi connectivity index (χ0n) is 13.1. The number of hydrogen-bond acceptors (Lipinski definition) is 4. The maximum Gasteiger partial charge on any atom is 0.135 e. The van der Waals surface area contributed by atoms with Crippen molar-refractivity contribution >= 4 is 11.6 Å². The minimum atomic E-state index is 0.277. The van der Waals surface area contributed by atoms with Crippen LogP contribution < -0.4 is 11.1 Å². The second-order valence-electron chi connectivity index (χ2n) is 8.00. The van der Waals surface area contributed by atoms with Gasteiger partial charge in [-0.25, -0.2) is 9.97 Å². The van der Waals surface area contributed by atoms with E-state index in [1.807, 2.05) is 0 Å². The fraction of sp³-hybridized carbons (Fsp3) is 0.765. The molecule has 0 unspecified atom stereocenters. The minimum Gasteiger partial charge on any atom is -0.383 e. The van der Waals surface area contributed by atoms with E-state index in [1.54, 1.807) is 6.33 Å². The van der Waals surface area contributed by atoms with Gasteiger partial charge in [0, 0.05) is 11.1 Å². The molecule has 3 N–H and O–H groups in total. The Morgan fingerprint density at radius 1 is 1.10 bits per heavy atom. The van der Waals surface area contributed by atoms with E-state index in [4.69, 9.17) is 5.73 Å². The average Bonchev–Trinajstić information content (AvgIpc) is 2.35. The molecule has 0 spiro atoms. The van der Waals surface area contributed by atoms with Crippen LogP contribution in [0.3, 0.4) is 0 Å². The van der Waals surface area contributed by atoms with E-state index in [2.05, 4.69) is 29.1 Å². The lowest BCUT2D eigenvalue weighted by Crippen LogP contribution is -2.55. The van der Waals surface area contributed by atoms with Crippen LogP contribution in [0.1, 0.15) is 63.9 Å². The van der Waals surface area contributed by atoms with Crippen LogP contribution in [0.25, 0.3) is 0 Å². The Morgan fingerprint density at radius 2 is 1.67 bits per heavy atom. The monoisotopic (exact) mass is 286 g/mol. The first-order chi connectivity index (χ1) is 10.0. The first-order valence-electron chi connectivity index (χ1n) is 8.43. The predicted octanol–water partition coefficient (Wildman–Crippen LogP) is 3.56. The fourth-order valence-electron chi connectivity index (χ4n) is 5.59. The number of nitrogens with one attached hydrogen (secondary N) is 1. The van der Waals surface area contributed by atoms with Crippen molar-refractivity contribution in [2.24, 2.45) is 17.8 Å². The van der Waals surface area contributed by atoms with Gasteiger partial charge in [0.1, 0.15) is 18.0 Å². The Morgan fingerprint density at radius 3 is 2.19 bits per heavy atom. The van der Waals surface area contributed by atoms with Gasteiger partial charge in [0.15, 0.2) is 0 Å². The Kier molecular flexibility index (Phi) is 2.92. The molecule has 5 rings (SSSR count). The van der Waals surface area contributed by atoms with Crippen LogP contribution >= 0.6 is 0 Å². The van der Waals surface area contributed by atoms with Crippen LogP contribution in [0.2, 0.25) is 0 Å². The second kappa shape index (κ2) is 4.59. The summed E-state index contributed by atoms with van der Waals surface area (Å²) in [6.45, 7) is 4.33. The van der Waals surface area contributed by atoms with Gasteiger partial charge in [-0.15, -0.1) is 0 Å². The molecule has 0 aliphatic heterocycles. The van der Waals surface area contributed by atoms with Gasteiger partial charge in [0.05, 0.1) is 0 Å². The molecule has 4 aliphatic rings. The van der Waals surface area contributed by atoms with Gasteiger partial charge in [-0.3, -0.25) is 0 Å². The summed E-state index contributed by atoms with van der Waals surface area (Å²) < 4.78 is 0. The summed E-state index contributed by atoms with van der Waals surface area (Å²) in [5.41, 5.74) is 7.47. The standard InChI is InChI=1S/C17H26N4/c1-10(2)14-15(18)19-9-20-16(14)21-17-6-11-3-12(7-17)5-13(4-11)8-17/h9-13H,3-8H2,1-2H3,(H3,18,19,20,21). The molecule has 4 nitrogen and oxygen atoms in total. The third-order valence-electron chi connectivity index (χ3n) is 5.91. The summed E-state index contributed by atoms with van der Waals surface area (Å²) in [6.07, 6.45) is 9.95. The smallest absolute Gasteiger partial charge is 0.135 e. The van der Waals surface area contributed by atoms with E-state index >= 15 is 0 Å². The van der Waals surface area contributed by atoms with Crippen molar-refractivity contribution in [1.82, 2.24) is 9.97 Å². The van der Waals surface area contributed by atoms with E-state index in [0.29, 0.717) is 11.7 Å². The van der Waals surface area contributed by atoms with Gasteiger partial charge in [-0.05, 0) is 62.2 Å². The van der Waals surface area contributed by atoms with Crippen LogP contribution in [0.4, 0.5) is 11.6 Å². The van der Waals surface area contributed by atoms with Crippen molar-refractivity contribution in [1.29, 1.82) is 0 Å². The van der Waals surface area contributed by atoms with Gasteiger partial charge in [0.25, 0.3) is 0 Å². The third kappa shape index (κ3) is 2.19. The molecular weight excluding hydrogens is 260 g/mol. The summed E-state index contributed by atoms with van der Waals surface area (Å²) in [7, 11) is 0. The Bertz CT molecular complexity index is 516. The van der Waals surface area contributed by atoms with Gasteiger partial charge in [-0.2, -0.15) is 0 Å². The lowest BCUT2D eigenvalue weighted by atomic mass is 9.53. The van der Waals surface area contributed by atoms with Crippen molar-refractivity contribution in [3.63, 3.8) is 0 Å². The SMILES string of the molecule is CC(C)c1c(N)ncnc1NC12CC3CC(CC(C3)C1)C2. The molecule has 114 valence electrons. The molecule has 4 bridgehead atoms. The van der Waals surface area contributed by atoms with Gasteiger partial charge in [0.2, 0.25) is 0 Å². The molecule has 1 heterocycles. The highest BCUT2D eigenvalue weighted by atomic mass is 15.1.